The van der Waals surface area contributed by atoms with Crippen LogP contribution in [-0.4, -0.2) is 5.78 Å². The number of ketones is 1. The predicted molar refractivity (Wildman–Crippen MR) is 51.0 cm³/mol. The summed E-state index contributed by atoms with van der Waals surface area (Å²) in [7, 11) is 0. The van der Waals surface area contributed by atoms with Gasteiger partial charge in [-0.2, -0.15) is 0 Å². The van der Waals surface area contributed by atoms with E-state index in [1.54, 1.807) is 0 Å². The molecule has 70 valence electrons. The zero-order chi connectivity index (χ0) is 9.19. The molecular weight excluding hydrogens is 148 g/mol. The number of Topliss-reactive ketones (excluding diaryl/α,β-unsaturated/α-hetero) is 1. The molecule has 0 aromatic rings. The second kappa shape index (κ2) is 3.59. The predicted octanol–water partition coefficient (Wildman–Crippen LogP) is 3.18. The highest BCUT2D eigenvalue weighted by Gasteiger charge is 2.46. The molecule has 0 aromatic carbocycles. The Morgan fingerprint density at radius 3 is 2.50 bits per heavy atom. The molecule has 0 aromatic heterocycles. The van der Waals surface area contributed by atoms with Crippen LogP contribution in [0.4, 0.5) is 0 Å². The molecule has 0 amide bonds. The normalized spacial score (nSPS) is 26.9. The van der Waals surface area contributed by atoms with Crippen LogP contribution in [0, 0.1) is 11.3 Å². The summed E-state index contributed by atoms with van der Waals surface area (Å²) in [5.41, 5.74) is 0.00768. The molecule has 1 rings (SSSR count). The average molecular weight is 168 g/mol. The molecule has 1 aliphatic carbocycles. The third-order valence-corrected chi connectivity index (χ3v) is 3.33. The lowest BCUT2D eigenvalue weighted by Gasteiger charge is -2.42. The summed E-state index contributed by atoms with van der Waals surface area (Å²) in [6.07, 6.45) is 6.00. The van der Waals surface area contributed by atoms with Gasteiger partial charge in [-0.05, 0) is 12.3 Å². The topological polar surface area (TPSA) is 17.1 Å². The maximum Gasteiger partial charge on any atom is 0.139 e. The molecule has 1 aliphatic rings. The zero-order valence-corrected chi connectivity index (χ0v) is 8.52. The first kappa shape index (κ1) is 9.76. The monoisotopic (exact) mass is 168 g/mol. The lowest BCUT2D eigenvalue weighted by atomic mass is 9.60. The van der Waals surface area contributed by atoms with Crippen LogP contribution < -0.4 is 0 Å². The van der Waals surface area contributed by atoms with Gasteiger partial charge in [0, 0.05) is 11.8 Å². The first-order valence-corrected chi connectivity index (χ1v) is 5.12. The fourth-order valence-electron chi connectivity index (χ4n) is 1.94. The highest BCUT2D eigenvalue weighted by molar-refractivity contribution is 5.90. The molecule has 1 atom stereocenters. The fourth-order valence-corrected chi connectivity index (χ4v) is 1.94. The highest BCUT2D eigenvalue weighted by atomic mass is 16.1. The molecule has 1 unspecified atom stereocenters. The maximum atomic E-state index is 11.2. The second-order valence-electron chi connectivity index (χ2n) is 4.54. The van der Waals surface area contributed by atoms with Crippen LogP contribution in [0.3, 0.4) is 0 Å². The SMILES string of the molecule is CCCCCC1CC(=O)C1(C)C. The van der Waals surface area contributed by atoms with Crippen LogP contribution in [0.5, 0.6) is 0 Å². The van der Waals surface area contributed by atoms with Crippen LogP contribution in [-0.2, 0) is 4.79 Å². The van der Waals surface area contributed by atoms with Crippen LogP contribution in [0.25, 0.3) is 0 Å². The van der Waals surface area contributed by atoms with Crippen LogP contribution in [0.15, 0.2) is 0 Å². The minimum Gasteiger partial charge on any atom is -0.299 e. The maximum absolute atomic E-state index is 11.2. The first-order chi connectivity index (χ1) is 5.59. The molecule has 0 spiro atoms. The van der Waals surface area contributed by atoms with Crippen molar-refractivity contribution in [2.75, 3.05) is 0 Å². The van der Waals surface area contributed by atoms with Crippen molar-refractivity contribution in [1.29, 1.82) is 0 Å². The van der Waals surface area contributed by atoms with Gasteiger partial charge in [-0.25, -0.2) is 0 Å². The minimum absolute atomic E-state index is 0.00768. The van der Waals surface area contributed by atoms with Crippen molar-refractivity contribution in [3.63, 3.8) is 0 Å². The molecule has 0 radical (unpaired) electrons. The van der Waals surface area contributed by atoms with Crippen molar-refractivity contribution in [2.45, 2.75) is 52.9 Å². The minimum atomic E-state index is 0.00768. The van der Waals surface area contributed by atoms with E-state index >= 15 is 0 Å². The lowest BCUT2D eigenvalue weighted by Crippen LogP contribution is -2.45. The highest BCUT2D eigenvalue weighted by Crippen LogP contribution is 2.45. The average Bonchev–Trinajstić information content (AvgIpc) is 2.04. The molecule has 1 heteroatoms. The summed E-state index contributed by atoms with van der Waals surface area (Å²) >= 11 is 0. The molecule has 0 aliphatic heterocycles. The van der Waals surface area contributed by atoms with Crippen molar-refractivity contribution in [3.05, 3.63) is 0 Å². The lowest BCUT2D eigenvalue weighted by molar-refractivity contribution is -0.143. The van der Waals surface area contributed by atoms with Crippen molar-refractivity contribution in [2.24, 2.45) is 11.3 Å². The first-order valence-electron chi connectivity index (χ1n) is 5.12. The van der Waals surface area contributed by atoms with Gasteiger partial charge in [-0.1, -0.05) is 40.0 Å². The molecule has 0 saturated heterocycles. The van der Waals surface area contributed by atoms with Gasteiger partial charge in [0.15, 0.2) is 0 Å². The van der Waals surface area contributed by atoms with Crippen LogP contribution >= 0.6 is 0 Å². The van der Waals surface area contributed by atoms with Crippen molar-refractivity contribution < 1.29 is 4.79 Å². The molecule has 1 nitrogen and oxygen atoms in total. The Morgan fingerprint density at radius 1 is 1.42 bits per heavy atom. The number of hydrogen-bond acceptors (Lipinski definition) is 1. The second-order valence-corrected chi connectivity index (χ2v) is 4.54. The van der Waals surface area contributed by atoms with E-state index < -0.39 is 0 Å². The number of hydrogen-bond donors (Lipinski definition) is 0. The largest absolute Gasteiger partial charge is 0.299 e. The van der Waals surface area contributed by atoms with E-state index in [1.807, 2.05) is 0 Å². The Balaban J connectivity index is 2.23. The van der Waals surface area contributed by atoms with Gasteiger partial charge in [0.1, 0.15) is 5.78 Å². The molecule has 0 N–H and O–H groups in total. The summed E-state index contributed by atoms with van der Waals surface area (Å²) in [6.45, 7) is 6.40. The summed E-state index contributed by atoms with van der Waals surface area (Å²) < 4.78 is 0. The summed E-state index contributed by atoms with van der Waals surface area (Å²) in [4.78, 5) is 11.2. The molecule has 0 heterocycles. The summed E-state index contributed by atoms with van der Waals surface area (Å²) in [5.74, 6) is 1.14. The van der Waals surface area contributed by atoms with E-state index in [4.69, 9.17) is 0 Å². The third-order valence-electron chi connectivity index (χ3n) is 3.33. The van der Waals surface area contributed by atoms with Crippen LogP contribution in [0.2, 0.25) is 0 Å². The Labute approximate surface area is 75.5 Å². The molecule has 12 heavy (non-hydrogen) atoms. The van der Waals surface area contributed by atoms with Gasteiger partial charge in [0.05, 0.1) is 0 Å². The van der Waals surface area contributed by atoms with Crippen LogP contribution in [0.1, 0.15) is 52.9 Å². The molecule has 0 bridgehead atoms. The number of carbonyl (C=O) groups is 1. The number of unbranched alkanes of at least 4 members (excludes halogenated alkanes) is 2. The molecular formula is C11H20O. The van der Waals surface area contributed by atoms with Gasteiger partial charge < -0.3 is 0 Å². The van der Waals surface area contributed by atoms with Crippen molar-refractivity contribution >= 4 is 5.78 Å². The van der Waals surface area contributed by atoms with E-state index in [9.17, 15) is 4.79 Å². The van der Waals surface area contributed by atoms with E-state index in [0.717, 1.165) is 6.42 Å². The van der Waals surface area contributed by atoms with Gasteiger partial charge in [0.25, 0.3) is 0 Å². The smallest absolute Gasteiger partial charge is 0.139 e. The Kier molecular flexibility index (Phi) is 2.92. The molecule has 1 saturated carbocycles. The van der Waals surface area contributed by atoms with E-state index in [2.05, 4.69) is 20.8 Å². The Hall–Kier alpha value is -0.330. The van der Waals surface area contributed by atoms with Crippen molar-refractivity contribution in [3.8, 4) is 0 Å². The zero-order valence-electron chi connectivity index (χ0n) is 8.52. The van der Waals surface area contributed by atoms with Crippen molar-refractivity contribution in [1.82, 2.24) is 0 Å². The van der Waals surface area contributed by atoms with Gasteiger partial charge in [0.2, 0.25) is 0 Å². The fraction of sp³-hybridized carbons (Fsp3) is 0.909. The van der Waals surface area contributed by atoms with E-state index in [1.165, 1.54) is 25.7 Å². The van der Waals surface area contributed by atoms with E-state index in [-0.39, 0.29) is 5.41 Å². The van der Waals surface area contributed by atoms with Gasteiger partial charge >= 0.3 is 0 Å². The standard InChI is InChI=1S/C11H20O/c1-4-5-6-7-9-8-10(12)11(9,2)3/h9H,4-8H2,1-3H3. The summed E-state index contributed by atoms with van der Waals surface area (Å²) in [6, 6.07) is 0. The quantitative estimate of drug-likeness (QED) is 0.589. The van der Waals surface area contributed by atoms with E-state index in [0.29, 0.717) is 11.7 Å². The number of carbonyl (C=O) groups excluding carboxylic acids is 1. The van der Waals surface area contributed by atoms with Gasteiger partial charge in [-0.3, -0.25) is 4.79 Å². The Morgan fingerprint density at radius 2 is 2.08 bits per heavy atom. The summed E-state index contributed by atoms with van der Waals surface area (Å²) in [5, 5.41) is 0. The number of rotatable bonds is 4. The Bertz CT molecular complexity index is 170. The van der Waals surface area contributed by atoms with Gasteiger partial charge in [-0.15, -0.1) is 0 Å². The third kappa shape index (κ3) is 1.70. The molecule has 1 fully saturated rings.